The molecule has 0 spiro atoms. The minimum atomic E-state index is -0.669. The number of ether oxygens (including phenoxy) is 1. The number of nitrogen functional groups attached to an aromatic ring is 1. The largest absolute Gasteiger partial charge is 0.482 e. The van der Waals surface area contributed by atoms with Crippen molar-refractivity contribution in [3.05, 3.63) is 75.7 Å². The summed E-state index contributed by atoms with van der Waals surface area (Å²) in [6, 6.07) is 11.9. The quantitative estimate of drug-likeness (QED) is 0.308. The average molecular weight is 530 g/mol. The molecule has 0 radical (unpaired) electrons. The van der Waals surface area contributed by atoms with Gasteiger partial charge in [-0.15, -0.1) is 0 Å². The van der Waals surface area contributed by atoms with E-state index in [1.807, 2.05) is 12.1 Å². The number of carbonyl (C=O) groups is 1. The highest BCUT2D eigenvalue weighted by atomic mass is 35.5. The molecule has 5 nitrogen and oxygen atoms in total. The Kier molecular flexibility index (Phi) is 8.37. The van der Waals surface area contributed by atoms with E-state index in [4.69, 9.17) is 33.7 Å². The molecule has 1 aliphatic rings. The summed E-state index contributed by atoms with van der Waals surface area (Å²) in [5.41, 5.74) is 8.58. The third kappa shape index (κ3) is 5.93. The van der Waals surface area contributed by atoms with Crippen LogP contribution in [0.3, 0.4) is 0 Å². The van der Waals surface area contributed by atoms with E-state index >= 15 is 0 Å². The molecule has 1 fully saturated rings. The summed E-state index contributed by atoms with van der Waals surface area (Å²) < 4.78 is 20.0. The summed E-state index contributed by atoms with van der Waals surface area (Å²) in [6.45, 7) is 3.80. The summed E-state index contributed by atoms with van der Waals surface area (Å²) in [7, 11) is 0. The van der Waals surface area contributed by atoms with Crippen LogP contribution in [0.2, 0.25) is 10.0 Å². The number of pyridine rings is 1. The van der Waals surface area contributed by atoms with E-state index in [1.54, 1.807) is 31.3 Å². The Morgan fingerprint density at radius 3 is 2.47 bits per heavy atom. The molecule has 4 rings (SSSR count). The third-order valence-corrected chi connectivity index (χ3v) is 7.58. The van der Waals surface area contributed by atoms with Crippen molar-refractivity contribution in [1.29, 1.82) is 0 Å². The zero-order chi connectivity index (χ0) is 25.8. The number of carbonyl (C=O) groups excluding carboxylic acids is 1. The molecule has 8 heteroatoms. The predicted octanol–water partition coefficient (Wildman–Crippen LogP) is 7.62. The van der Waals surface area contributed by atoms with E-state index in [9.17, 15) is 9.18 Å². The molecule has 1 amide bonds. The van der Waals surface area contributed by atoms with Crippen molar-refractivity contribution < 1.29 is 13.9 Å². The summed E-state index contributed by atoms with van der Waals surface area (Å²) >= 11 is 12.4. The highest BCUT2D eigenvalue weighted by Gasteiger charge is 2.22. The molecule has 3 N–H and O–H groups in total. The molecular formula is C28H30Cl2FN3O2. The van der Waals surface area contributed by atoms with E-state index in [1.165, 1.54) is 44.2 Å². The number of rotatable bonds is 7. The number of nitrogens with one attached hydrogen (secondary N) is 1. The fourth-order valence-corrected chi connectivity index (χ4v) is 5.41. The van der Waals surface area contributed by atoms with Crippen molar-refractivity contribution >= 4 is 34.9 Å². The van der Waals surface area contributed by atoms with Gasteiger partial charge in [-0.2, -0.15) is 0 Å². The van der Waals surface area contributed by atoms with Crippen LogP contribution in [-0.2, 0) is 0 Å². The van der Waals surface area contributed by atoms with Gasteiger partial charge in [-0.1, -0.05) is 54.6 Å². The van der Waals surface area contributed by atoms with Crippen molar-refractivity contribution in [3.63, 3.8) is 0 Å². The van der Waals surface area contributed by atoms with Gasteiger partial charge in [-0.3, -0.25) is 4.79 Å². The Morgan fingerprint density at radius 1 is 1.08 bits per heavy atom. The van der Waals surface area contributed by atoms with Crippen LogP contribution in [0.1, 0.15) is 68.0 Å². The molecule has 1 heterocycles. The van der Waals surface area contributed by atoms with E-state index in [0.29, 0.717) is 27.8 Å². The van der Waals surface area contributed by atoms with Crippen molar-refractivity contribution in [2.75, 3.05) is 5.73 Å². The van der Waals surface area contributed by atoms with Gasteiger partial charge in [0.25, 0.3) is 5.91 Å². The molecule has 0 aliphatic heterocycles. The molecule has 2 atom stereocenters. The van der Waals surface area contributed by atoms with Gasteiger partial charge in [0.2, 0.25) is 0 Å². The Labute approximate surface area is 221 Å². The fourth-order valence-electron chi connectivity index (χ4n) is 4.73. The SMILES string of the molecule is C[C@H](Oc1cc(-c2ccc(C(=O)N[C@@H](C)C3CCCCC3)cc2)cnc1N)c1c(Cl)ccc(F)c1Cl. The van der Waals surface area contributed by atoms with Crippen LogP contribution in [0.5, 0.6) is 5.75 Å². The van der Waals surface area contributed by atoms with Crippen molar-refractivity contribution in [2.45, 2.75) is 58.1 Å². The average Bonchev–Trinajstić information content (AvgIpc) is 2.88. The minimum Gasteiger partial charge on any atom is -0.482 e. The lowest BCUT2D eigenvalue weighted by atomic mass is 9.84. The van der Waals surface area contributed by atoms with Crippen LogP contribution in [0, 0.1) is 11.7 Å². The fraction of sp³-hybridized carbons (Fsp3) is 0.357. The number of anilines is 1. The second kappa shape index (κ2) is 11.5. The molecule has 3 aromatic rings. The normalized spacial score (nSPS) is 15.8. The summed E-state index contributed by atoms with van der Waals surface area (Å²) in [6.07, 6.45) is 7.07. The van der Waals surface area contributed by atoms with Gasteiger partial charge in [0.1, 0.15) is 11.9 Å². The molecule has 0 saturated heterocycles. The molecular weight excluding hydrogens is 500 g/mol. The minimum absolute atomic E-state index is 0.0725. The number of hydrogen-bond acceptors (Lipinski definition) is 4. The molecule has 1 aromatic heterocycles. The molecule has 36 heavy (non-hydrogen) atoms. The smallest absolute Gasteiger partial charge is 0.251 e. The maximum absolute atomic E-state index is 14.0. The zero-order valence-electron chi connectivity index (χ0n) is 20.4. The Bertz CT molecular complexity index is 1230. The van der Waals surface area contributed by atoms with E-state index in [2.05, 4.69) is 17.2 Å². The lowest BCUT2D eigenvalue weighted by molar-refractivity contribution is 0.0919. The predicted molar refractivity (Wildman–Crippen MR) is 143 cm³/mol. The molecule has 0 unspecified atom stereocenters. The maximum atomic E-state index is 14.0. The Morgan fingerprint density at radius 2 is 1.78 bits per heavy atom. The van der Waals surface area contributed by atoms with Gasteiger partial charge in [0.05, 0.1) is 5.02 Å². The van der Waals surface area contributed by atoms with E-state index in [-0.39, 0.29) is 22.8 Å². The topological polar surface area (TPSA) is 77.2 Å². The van der Waals surface area contributed by atoms with Crippen LogP contribution in [0.4, 0.5) is 10.2 Å². The first-order valence-corrected chi connectivity index (χ1v) is 13.0. The summed E-state index contributed by atoms with van der Waals surface area (Å²) in [5, 5.41) is 3.36. The number of nitrogens with two attached hydrogens (primary N) is 1. The number of benzene rings is 2. The van der Waals surface area contributed by atoms with Gasteiger partial charge >= 0.3 is 0 Å². The molecule has 1 saturated carbocycles. The van der Waals surface area contributed by atoms with E-state index in [0.717, 1.165) is 11.1 Å². The molecule has 1 aliphatic carbocycles. The highest BCUT2D eigenvalue weighted by molar-refractivity contribution is 6.36. The Hall–Kier alpha value is -2.83. The number of nitrogens with zero attached hydrogens (tertiary/aromatic N) is 1. The standard InChI is InChI=1S/C28H30Cl2FN3O2/c1-16(18-6-4-3-5-7-18)34-28(35)20-10-8-19(9-11-20)21-14-24(27(32)33-15-21)36-17(2)25-22(29)12-13-23(31)26(25)30/h8-18H,3-7H2,1-2H3,(H2,32,33)(H,34,35)/t16-,17-/m0/s1. The molecule has 2 aromatic carbocycles. The van der Waals surface area contributed by atoms with Crippen LogP contribution in [0.25, 0.3) is 11.1 Å². The van der Waals surface area contributed by atoms with Gasteiger partial charge < -0.3 is 15.8 Å². The maximum Gasteiger partial charge on any atom is 0.251 e. The molecule has 190 valence electrons. The Balaban J connectivity index is 1.48. The van der Waals surface area contributed by atoms with Crippen LogP contribution >= 0.6 is 23.2 Å². The zero-order valence-corrected chi connectivity index (χ0v) is 21.9. The lowest BCUT2D eigenvalue weighted by Gasteiger charge is -2.28. The monoisotopic (exact) mass is 529 g/mol. The third-order valence-electron chi connectivity index (χ3n) is 6.87. The lowest BCUT2D eigenvalue weighted by Crippen LogP contribution is -2.38. The number of amides is 1. The first-order valence-electron chi connectivity index (χ1n) is 12.2. The van der Waals surface area contributed by atoms with Crippen molar-refractivity contribution in [1.82, 2.24) is 10.3 Å². The first-order chi connectivity index (χ1) is 17.2. The summed E-state index contributed by atoms with van der Waals surface area (Å²) in [5.74, 6) is 0.391. The van der Waals surface area contributed by atoms with Gasteiger partial charge in [-0.05, 0) is 68.5 Å². The van der Waals surface area contributed by atoms with Gasteiger partial charge in [-0.25, -0.2) is 9.37 Å². The molecule has 0 bridgehead atoms. The van der Waals surface area contributed by atoms with Crippen LogP contribution < -0.4 is 15.8 Å². The van der Waals surface area contributed by atoms with E-state index < -0.39 is 11.9 Å². The first kappa shape index (κ1) is 26.2. The van der Waals surface area contributed by atoms with Crippen molar-refractivity contribution in [3.8, 4) is 16.9 Å². The second-order valence-electron chi connectivity index (χ2n) is 9.36. The van der Waals surface area contributed by atoms with Crippen LogP contribution in [0.15, 0.2) is 48.7 Å². The number of halogens is 3. The van der Waals surface area contributed by atoms with Crippen molar-refractivity contribution in [2.24, 2.45) is 5.92 Å². The highest BCUT2D eigenvalue weighted by Crippen LogP contribution is 2.37. The van der Waals surface area contributed by atoms with Crippen LogP contribution in [-0.4, -0.2) is 16.9 Å². The van der Waals surface area contributed by atoms with Gasteiger partial charge in [0, 0.05) is 34.0 Å². The number of aromatic nitrogens is 1. The summed E-state index contributed by atoms with van der Waals surface area (Å²) in [4.78, 5) is 17.0. The second-order valence-corrected chi connectivity index (χ2v) is 10.1. The van der Waals surface area contributed by atoms with Gasteiger partial charge in [0.15, 0.2) is 11.6 Å². The number of hydrogen-bond donors (Lipinski definition) is 2.